The Bertz CT molecular complexity index is 812. The van der Waals surface area contributed by atoms with Crippen molar-refractivity contribution in [1.29, 1.82) is 0 Å². The summed E-state index contributed by atoms with van der Waals surface area (Å²) in [5.41, 5.74) is 0.0794. The number of morpholine rings is 1. The molecule has 0 saturated carbocycles. The Kier molecular flexibility index (Phi) is 8.18. The number of rotatable bonds is 8. The second-order valence-electron chi connectivity index (χ2n) is 7.26. The van der Waals surface area contributed by atoms with Gasteiger partial charge < -0.3 is 14.8 Å². The van der Waals surface area contributed by atoms with E-state index in [2.05, 4.69) is 5.32 Å². The van der Waals surface area contributed by atoms with Crippen LogP contribution in [0, 0.1) is 0 Å². The lowest BCUT2D eigenvalue weighted by Crippen LogP contribution is -2.48. The van der Waals surface area contributed by atoms with Crippen LogP contribution < -0.4 is 5.32 Å². The molecule has 1 N–H and O–H groups in total. The van der Waals surface area contributed by atoms with Gasteiger partial charge in [0.2, 0.25) is 10.0 Å². The number of esters is 1. The topological polar surface area (TPSA) is 102 Å². The molecule has 0 aliphatic carbocycles. The number of hydrogen-bond acceptors (Lipinski definition) is 6. The number of amides is 1. The van der Waals surface area contributed by atoms with Gasteiger partial charge in [0.05, 0.1) is 22.7 Å². The Morgan fingerprint density at radius 2 is 1.83 bits per heavy atom. The number of sulfonamides is 1. The van der Waals surface area contributed by atoms with E-state index in [1.165, 1.54) is 28.6 Å². The summed E-state index contributed by atoms with van der Waals surface area (Å²) in [5.74, 6) is -1.13. The number of nitrogens with one attached hydrogen (secondary N) is 1. The standard InChI is InChI=1S/C20H30N2O6S/c1-5-17(6-2)21-19(23)13-27-20(24)16-8-7-9-18(10-16)29(25,26)22-11-14(3)28-15(4)12-22/h7-10,14-15,17H,5-6,11-13H2,1-4H3,(H,21,23)/t14-,15+. The number of carbonyl (C=O) groups is 2. The first kappa shape index (κ1) is 23.3. The minimum Gasteiger partial charge on any atom is -0.452 e. The minimum atomic E-state index is -3.77. The molecule has 0 unspecified atom stereocenters. The van der Waals surface area contributed by atoms with Crippen molar-refractivity contribution in [2.24, 2.45) is 0 Å². The van der Waals surface area contributed by atoms with Gasteiger partial charge in [0.1, 0.15) is 0 Å². The molecule has 29 heavy (non-hydrogen) atoms. The average Bonchev–Trinajstić information content (AvgIpc) is 2.69. The monoisotopic (exact) mass is 426 g/mol. The molecule has 1 aromatic rings. The van der Waals surface area contributed by atoms with Crippen LogP contribution in [0.4, 0.5) is 0 Å². The van der Waals surface area contributed by atoms with Gasteiger partial charge in [0.25, 0.3) is 5.91 Å². The lowest BCUT2D eigenvalue weighted by Gasteiger charge is -2.34. The van der Waals surface area contributed by atoms with E-state index in [0.717, 1.165) is 12.8 Å². The Morgan fingerprint density at radius 1 is 1.21 bits per heavy atom. The molecule has 162 valence electrons. The minimum absolute atomic E-state index is 0.00901. The molecule has 1 fully saturated rings. The van der Waals surface area contributed by atoms with Gasteiger partial charge in [-0.05, 0) is 44.9 Å². The van der Waals surface area contributed by atoms with Crippen molar-refractivity contribution in [2.45, 2.75) is 63.7 Å². The van der Waals surface area contributed by atoms with Crippen molar-refractivity contribution in [3.8, 4) is 0 Å². The molecule has 1 aromatic carbocycles. The third kappa shape index (κ3) is 6.25. The molecule has 1 aliphatic heterocycles. The quantitative estimate of drug-likeness (QED) is 0.638. The SMILES string of the molecule is CCC(CC)NC(=O)COC(=O)c1cccc(S(=O)(=O)N2C[C@@H](C)O[C@@H](C)C2)c1. The summed E-state index contributed by atoms with van der Waals surface area (Å²) in [6.07, 6.45) is 1.15. The van der Waals surface area contributed by atoms with Crippen molar-refractivity contribution in [1.82, 2.24) is 9.62 Å². The molecule has 0 radical (unpaired) electrons. The summed E-state index contributed by atoms with van der Waals surface area (Å²) in [5, 5.41) is 2.78. The molecule has 2 rings (SSSR count). The molecule has 1 aliphatic rings. The summed E-state index contributed by atoms with van der Waals surface area (Å²) in [6, 6.07) is 5.71. The molecule has 9 heteroatoms. The van der Waals surface area contributed by atoms with Crippen molar-refractivity contribution < 1.29 is 27.5 Å². The van der Waals surface area contributed by atoms with Gasteiger partial charge >= 0.3 is 5.97 Å². The van der Waals surface area contributed by atoms with Crippen LogP contribution in [0.25, 0.3) is 0 Å². The third-order valence-corrected chi connectivity index (χ3v) is 6.61. The summed E-state index contributed by atoms with van der Waals surface area (Å²) in [6.45, 7) is 7.64. The molecule has 0 spiro atoms. The van der Waals surface area contributed by atoms with Crippen molar-refractivity contribution in [3.05, 3.63) is 29.8 Å². The van der Waals surface area contributed by atoms with Crippen LogP contribution in [-0.4, -0.2) is 62.5 Å². The van der Waals surface area contributed by atoms with Crippen molar-refractivity contribution in [2.75, 3.05) is 19.7 Å². The molecular formula is C20H30N2O6S. The predicted molar refractivity (Wildman–Crippen MR) is 108 cm³/mol. The molecule has 1 saturated heterocycles. The zero-order chi connectivity index (χ0) is 21.6. The van der Waals surface area contributed by atoms with Gasteiger partial charge in [-0.1, -0.05) is 19.9 Å². The van der Waals surface area contributed by atoms with E-state index in [1.54, 1.807) is 0 Å². The fourth-order valence-corrected chi connectivity index (χ4v) is 4.87. The van der Waals surface area contributed by atoms with Gasteiger partial charge in [-0.15, -0.1) is 0 Å². The summed E-state index contributed by atoms with van der Waals surface area (Å²) in [4.78, 5) is 24.2. The first-order chi connectivity index (χ1) is 13.7. The lowest BCUT2D eigenvalue weighted by atomic mass is 10.2. The number of carbonyl (C=O) groups excluding carboxylic acids is 2. The highest BCUT2D eigenvalue weighted by Crippen LogP contribution is 2.22. The fourth-order valence-electron chi connectivity index (χ4n) is 3.24. The molecule has 8 nitrogen and oxygen atoms in total. The molecule has 1 heterocycles. The average molecular weight is 427 g/mol. The highest BCUT2D eigenvalue weighted by molar-refractivity contribution is 7.89. The summed E-state index contributed by atoms with van der Waals surface area (Å²) in [7, 11) is -3.77. The predicted octanol–water partition coefficient (Wildman–Crippen LogP) is 1.95. The fraction of sp³-hybridized carbons (Fsp3) is 0.600. The van der Waals surface area contributed by atoms with E-state index < -0.39 is 22.6 Å². The number of benzene rings is 1. The van der Waals surface area contributed by atoms with Crippen LogP contribution in [0.15, 0.2) is 29.2 Å². The largest absolute Gasteiger partial charge is 0.452 e. The van der Waals surface area contributed by atoms with E-state index in [1.807, 2.05) is 27.7 Å². The van der Waals surface area contributed by atoms with E-state index in [4.69, 9.17) is 9.47 Å². The zero-order valence-corrected chi connectivity index (χ0v) is 18.2. The maximum Gasteiger partial charge on any atom is 0.338 e. The van der Waals surface area contributed by atoms with E-state index in [0.29, 0.717) is 0 Å². The highest BCUT2D eigenvalue weighted by atomic mass is 32.2. The summed E-state index contributed by atoms with van der Waals surface area (Å²) < 4.78 is 37.9. The normalized spacial score (nSPS) is 20.4. The molecule has 2 atom stereocenters. The second kappa shape index (κ2) is 10.2. The molecule has 0 aromatic heterocycles. The third-order valence-electron chi connectivity index (χ3n) is 4.78. The molecule has 0 bridgehead atoms. The Labute approximate surface area is 172 Å². The maximum atomic E-state index is 13.0. The van der Waals surface area contributed by atoms with Gasteiger partial charge in [-0.25, -0.2) is 13.2 Å². The molecule has 1 amide bonds. The number of nitrogens with zero attached hydrogens (tertiary/aromatic N) is 1. The first-order valence-electron chi connectivity index (χ1n) is 9.89. The van der Waals surface area contributed by atoms with Crippen LogP contribution in [0.1, 0.15) is 50.9 Å². The first-order valence-corrected chi connectivity index (χ1v) is 11.3. The molecular weight excluding hydrogens is 396 g/mol. The van der Waals surface area contributed by atoms with Gasteiger partial charge in [0, 0.05) is 19.1 Å². The van der Waals surface area contributed by atoms with Gasteiger partial charge in [-0.3, -0.25) is 4.79 Å². The van der Waals surface area contributed by atoms with Crippen LogP contribution in [0.3, 0.4) is 0 Å². The van der Waals surface area contributed by atoms with Gasteiger partial charge in [0.15, 0.2) is 6.61 Å². The van der Waals surface area contributed by atoms with E-state index in [9.17, 15) is 18.0 Å². The zero-order valence-electron chi connectivity index (χ0n) is 17.4. The second-order valence-corrected chi connectivity index (χ2v) is 9.20. The van der Waals surface area contributed by atoms with Crippen molar-refractivity contribution in [3.63, 3.8) is 0 Å². The van der Waals surface area contributed by atoms with Gasteiger partial charge in [-0.2, -0.15) is 4.31 Å². The Balaban J connectivity index is 2.06. The highest BCUT2D eigenvalue weighted by Gasteiger charge is 2.32. The number of ether oxygens (including phenoxy) is 2. The van der Waals surface area contributed by atoms with Crippen LogP contribution in [-0.2, 0) is 24.3 Å². The van der Waals surface area contributed by atoms with E-state index in [-0.39, 0.29) is 47.7 Å². The van der Waals surface area contributed by atoms with Crippen LogP contribution >= 0.6 is 0 Å². The summed E-state index contributed by atoms with van der Waals surface area (Å²) >= 11 is 0. The maximum absolute atomic E-state index is 13.0. The number of hydrogen-bond donors (Lipinski definition) is 1. The van der Waals surface area contributed by atoms with E-state index >= 15 is 0 Å². The van der Waals surface area contributed by atoms with Crippen LogP contribution in [0.5, 0.6) is 0 Å². The Hall–Kier alpha value is -1.97. The lowest BCUT2D eigenvalue weighted by molar-refractivity contribution is -0.125. The smallest absolute Gasteiger partial charge is 0.338 e. The van der Waals surface area contributed by atoms with Crippen molar-refractivity contribution >= 4 is 21.9 Å². The van der Waals surface area contributed by atoms with Crippen LogP contribution in [0.2, 0.25) is 0 Å². The Morgan fingerprint density at radius 3 is 2.41 bits per heavy atom.